The molecule has 3 heterocycles. The summed E-state index contributed by atoms with van der Waals surface area (Å²) in [6, 6.07) is 7.30. The van der Waals surface area contributed by atoms with E-state index in [1.807, 2.05) is 13.8 Å². The Morgan fingerprint density at radius 2 is 1.56 bits per heavy atom. The predicted octanol–water partition coefficient (Wildman–Crippen LogP) is 4.42. The number of nitrogen functional groups attached to an aromatic ring is 2. The van der Waals surface area contributed by atoms with E-state index in [4.69, 9.17) is 65.0 Å². The Morgan fingerprint density at radius 3 is 2.24 bits per heavy atom. The number of ether oxygens (including phenoxy) is 6. The highest BCUT2D eigenvalue weighted by atomic mass is 33.1. The highest BCUT2D eigenvalue weighted by Crippen LogP contribution is 2.66. The van der Waals surface area contributed by atoms with Crippen LogP contribution in [0.25, 0.3) is 43.9 Å². The van der Waals surface area contributed by atoms with Crippen molar-refractivity contribution in [1.29, 1.82) is 5.41 Å². The summed E-state index contributed by atoms with van der Waals surface area (Å²) >= 11 is 0. The second-order valence-corrected chi connectivity index (χ2v) is 31.6. The molecule has 5 atom stereocenters. The average Bonchev–Trinajstić information content (AvgIpc) is 1.14. The number of aromatic carboxylic acids is 1. The van der Waals surface area contributed by atoms with Crippen molar-refractivity contribution in [3.8, 4) is 34.3 Å². The molecule has 2 aliphatic heterocycles. The molecule has 1 aromatic heterocycles. The van der Waals surface area contributed by atoms with Crippen LogP contribution in [0.4, 0.5) is 21.1 Å². The molecule has 6 rings (SSSR count). The molecular formula is C53H69N12O29P3S4. The van der Waals surface area contributed by atoms with Crippen molar-refractivity contribution in [2.24, 2.45) is 5.11 Å². The molecule has 3 aromatic rings. The van der Waals surface area contributed by atoms with Crippen molar-refractivity contribution in [1.82, 2.24) is 30.8 Å². The number of alkyl carbamates (subject to hydrolysis) is 1. The highest BCUT2D eigenvalue weighted by molar-refractivity contribution is 8.77. The number of fused-ring (bicyclic) bond motifs is 2. The largest absolute Gasteiger partial charge is 0.490 e. The van der Waals surface area contributed by atoms with E-state index in [1.165, 1.54) is 29.1 Å². The molecule has 48 heteroatoms. The van der Waals surface area contributed by atoms with Gasteiger partial charge in [0.05, 0.1) is 74.5 Å². The monoisotopic (exact) mass is 1560 g/mol. The summed E-state index contributed by atoms with van der Waals surface area (Å²) in [4.78, 5) is 105. The fourth-order valence-corrected chi connectivity index (χ4v) is 15.9. The van der Waals surface area contributed by atoms with Crippen LogP contribution in [0.15, 0.2) is 72.8 Å². The van der Waals surface area contributed by atoms with E-state index in [0.717, 1.165) is 47.7 Å². The smallest absolute Gasteiger partial charge is 0.478 e. The summed E-state index contributed by atoms with van der Waals surface area (Å²) < 4.78 is 157. The lowest BCUT2D eigenvalue weighted by Gasteiger charge is -2.22. The first-order chi connectivity index (χ1) is 47.4. The van der Waals surface area contributed by atoms with Gasteiger partial charge >= 0.3 is 47.3 Å². The van der Waals surface area contributed by atoms with E-state index in [2.05, 4.69) is 61.3 Å². The fourth-order valence-electron chi connectivity index (χ4n) is 9.16. The van der Waals surface area contributed by atoms with Crippen LogP contribution in [0.1, 0.15) is 78.5 Å². The van der Waals surface area contributed by atoms with Gasteiger partial charge in [0.25, 0.3) is 26.1 Å². The number of unbranched alkanes of at least 4 members (excludes halogenated alkanes) is 2. The quantitative estimate of drug-likeness (QED) is 0.00221. The number of nitrogens with one attached hydrogen (secondary N) is 5. The molecule has 0 spiro atoms. The maximum absolute atomic E-state index is 13.4. The van der Waals surface area contributed by atoms with Crippen LogP contribution in [0, 0.1) is 17.3 Å². The minimum atomic E-state index is -5.84. The first kappa shape index (κ1) is 82.6. The van der Waals surface area contributed by atoms with Crippen molar-refractivity contribution in [3.63, 3.8) is 0 Å². The molecule has 41 nitrogen and oxygen atoms in total. The number of aromatic nitrogens is 2. The van der Waals surface area contributed by atoms with Gasteiger partial charge in [0.15, 0.2) is 21.1 Å². The molecule has 4 amide bonds. The van der Waals surface area contributed by atoms with Crippen LogP contribution >= 0.6 is 45.1 Å². The van der Waals surface area contributed by atoms with Crippen LogP contribution in [0.3, 0.4) is 0 Å². The number of carbonyl (C=O) groups is 4. The Balaban J connectivity index is 0.802. The molecule has 3 aliphatic rings. The van der Waals surface area contributed by atoms with Crippen molar-refractivity contribution >= 4 is 112 Å². The zero-order valence-electron chi connectivity index (χ0n) is 53.1. The van der Waals surface area contributed by atoms with Gasteiger partial charge in [-0.05, 0) is 93.1 Å². The number of amides is 4. The van der Waals surface area contributed by atoms with Gasteiger partial charge in [-0.1, -0.05) is 38.5 Å². The van der Waals surface area contributed by atoms with Gasteiger partial charge in [-0.3, -0.25) is 28.4 Å². The number of nitrogens with two attached hydrogens (primary N) is 2. The number of azide groups is 1. The lowest BCUT2D eigenvalue weighted by molar-refractivity contribution is -0.0601. The Labute approximate surface area is 581 Å². The van der Waals surface area contributed by atoms with Crippen LogP contribution in [0.2, 0.25) is 0 Å². The number of benzene rings is 3. The molecule has 16 N–H and O–H groups in total. The number of phosphoric acid groups is 3. The van der Waals surface area contributed by atoms with Gasteiger partial charge < -0.3 is 90.3 Å². The molecule has 0 bridgehead atoms. The second kappa shape index (κ2) is 37.2. The third kappa shape index (κ3) is 25.9. The predicted molar refractivity (Wildman–Crippen MR) is 355 cm³/mol. The second-order valence-electron chi connectivity index (χ2n) is 21.5. The van der Waals surface area contributed by atoms with E-state index < -0.39 is 143 Å². The number of phosphoric ester groups is 1. The van der Waals surface area contributed by atoms with Crippen LogP contribution < -0.4 is 43.8 Å². The molecule has 101 heavy (non-hydrogen) atoms. The average molecular weight is 1560 g/mol. The van der Waals surface area contributed by atoms with Crippen LogP contribution in [-0.4, -0.2) is 186 Å². The summed E-state index contributed by atoms with van der Waals surface area (Å²) in [5.74, 6) is 2.45. The maximum Gasteiger partial charge on any atom is 0.490 e. The topological polar surface area (TPSA) is 633 Å². The fraction of sp³-hybridized carbons (Fsp3) is 0.453. The van der Waals surface area contributed by atoms with Gasteiger partial charge in [0.1, 0.15) is 30.8 Å². The maximum atomic E-state index is 13.4. The molecule has 2 aromatic carbocycles. The molecule has 1 fully saturated rings. The molecule has 0 radical (unpaired) electrons. The molecule has 554 valence electrons. The zero-order valence-corrected chi connectivity index (χ0v) is 59.0. The third-order valence-electron chi connectivity index (χ3n) is 13.6. The minimum Gasteiger partial charge on any atom is -0.478 e. The number of carbonyl (C=O) groups excluding carboxylic acids is 3. The number of hydrogen-bond acceptors (Lipinski definition) is 29. The van der Waals surface area contributed by atoms with Gasteiger partial charge in [-0.25, -0.2) is 32.9 Å². The number of carboxylic acid groups (broad SMARTS) is 1. The summed E-state index contributed by atoms with van der Waals surface area (Å²) in [6.07, 6.45) is -0.795. The molecule has 3 unspecified atom stereocenters. The lowest BCUT2D eigenvalue weighted by Crippen LogP contribution is -2.36. The normalized spacial score (nSPS) is 16.1. The van der Waals surface area contributed by atoms with E-state index in [0.29, 0.717) is 31.9 Å². The van der Waals surface area contributed by atoms with Crippen molar-refractivity contribution in [2.45, 2.75) is 78.9 Å². The first-order valence-electron chi connectivity index (χ1n) is 29.3. The van der Waals surface area contributed by atoms with E-state index in [1.54, 1.807) is 10.8 Å². The molecule has 0 saturated carbocycles. The number of anilines is 2. The number of carboxylic acids is 1. The number of rotatable bonds is 39. The van der Waals surface area contributed by atoms with E-state index >= 15 is 0 Å². The molecule has 1 aliphatic carbocycles. The van der Waals surface area contributed by atoms with Crippen LogP contribution in [-0.2, 0) is 75.5 Å². The number of nitrogens with zero attached hydrogens (tertiary/aromatic N) is 5. The Kier molecular flexibility index (Phi) is 30.5. The number of urea groups is 1. The van der Waals surface area contributed by atoms with Crippen molar-refractivity contribution < 1.29 is 129 Å². The molecule has 1 saturated heterocycles. The van der Waals surface area contributed by atoms with Gasteiger partial charge in [-0.15, -0.1) is 0 Å². The Hall–Kier alpha value is -7.31. The Bertz CT molecular complexity index is 4440. The van der Waals surface area contributed by atoms with E-state index in [9.17, 15) is 78.5 Å². The zero-order chi connectivity index (χ0) is 74.5. The highest BCUT2D eigenvalue weighted by Gasteiger charge is 2.44. The standard InChI is InChI=1S/C53H69N12O29P3S4/c1-53(2,99-98-30-87-19-5-3-4-15-59-50(69)60-16-6-7-32-27-65(51(70)63-47(32)56)41-26-39(89-29-62-64-57)40(91-41)28-90-96(75,76)94-97(77,78)93-95(72,73)74)14-20-88-52(71)61-18-22-86-24-23-85-21-17-58-48(66)31-8-9-33(49(67)68)36(25-31)42-34-10-12-37(54)45(100(79,80)81)43(34)92-44-35(42)11-13-38(55)46(44)101(82,83)84/h8-13,25,27,39-41,54H,3-5,14-24,26,28-30,55H2,1-2H3,(H,58,66)(H,61,71)(H,67,68)(H,75,76)(H,77,78)(H2,56,63,70)(H2,59,60,69)(H2,72,73,74)(H,79,80,81)(H,82,83,84)/t39?,40-,41-/m1/s1. The number of hydrogen-bond donors (Lipinski definition) is 14. The SMILES string of the molecule is CC(C)(CCOC(=O)NCCOCCOCCNC(=O)c1ccc(C(=O)O)c(-c2c3ccc(=N)c(S(=O)(=O)O)c-3oc3c(S(=O)(=O)O)c(N)ccc23)c1)SSCOCCCCCNC(=O)NCC#Cc1cn([C@H]2CC(OCN=[N+]=[N-])[C@@H](COP(=O)(O)OP(=O)(O)OP(=O)(O)O)O2)c(=O)nc1N. The third-order valence-corrected chi connectivity index (χ3v) is 22.3. The van der Waals surface area contributed by atoms with Crippen molar-refractivity contribution in [2.75, 3.05) is 96.6 Å². The molecular weight excluding hydrogens is 1490 g/mol. The summed E-state index contributed by atoms with van der Waals surface area (Å²) in [5.41, 5.74) is 17.0. The van der Waals surface area contributed by atoms with E-state index in [-0.39, 0.29) is 103 Å². The first-order valence-corrected chi connectivity index (χ1v) is 39.0. The van der Waals surface area contributed by atoms with Crippen molar-refractivity contribution in [3.05, 3.63) is 91.6 Å². The summed E-state index contributed by atoms with van der Waals surface area (Å²) in [5, 5.41) is 31.1. The van der Waals surface area contributed by atoms with Crippen LogP contribution in [0.5, 0.6) is 0 Å². The minimum absolute atomic E-state index is 0.000234. The Morgan fingerprint density at radius 1 is 0.861 bits per heavy atom. The van der Waals surface area contributed by atoms with Gasteiger partial charge in [0, 0.05) is 70.6 Å². The van der Waals surface area contributed by atoms with Gasteiger partial charge in [-0.2, -0.15) is 30.4 Å². The summed E-state index contributed by atoms with van der Waals surface area (Å²) in [7, 11) is -24.5. The summed E-state index contributed by atoms with van der Waals surface area (Å²) in [6.45, 7) is 3.66. The lowest BCUT2D eigenvalue weighted by atomic mass is 9.89. The van der Waals surface area contributed by atoms with Gasteiger partial charge in [0.2, 0.25) is 0 Å².